The molecule has 1 aliphatic rings. The normalized spacial score (nSPS) is 16.9. The third-order valence-electron chi connectivity index (χ3n) is 8.33. The Kier molecular flexibility index (Phi) is 11.7. The molecule has 1 aliphatic heterocycles. The Morgan fingerprint density at radius 1 is 0.383 bits per heavy atom. The second-order valence-electron chi connectivity index (χ2n) is 12.8. The zero-order valence-corrected chi connectivity index (χ0v) is 33.7. The van der Waals surface area contributed by atoms with E-state index < -0.39 is 15.2 Å². The fourth-order valence-corrected chi connectivity index (χ4v) is 16.1. The van der Waals surface area contributed by atoms with E-state index in [2.05, 4.69) is 9.72 Å². The van der Waals surface area contributed by atoms with Gasteiger partial charge in [0.25, 0.3) is 0 Å². The van der Waals surface area contributed by atoms with E-state index in [-0.39, 0.29) is 76.4 Å². The van der Waals surface area contributed by atoms with E-state index in [1.165, 1.54) is 127 Å². The Balaban J connectivity index is 1.60. The predicted molar refractivity (Wildman–Crippen MR) is 224 cm³/mol. The van der Waals surface area contributed by atoms with Gasteiger partial charge in [-0.15, -0.1) is 0 Å². The number of nitrogens with one attached hydrogen (secondary N) is 2. The molecule has 0 radical (unpaired) electrons. The maximum absolute atomic E-state index is 12.1. The molecule has 6 aromatic carbocycles. The molecule has 60 heavy (non-hydrogen) atoms. The molecule has 302 valence electrons. The van der Waals surface area contributed by atoms with Crippen molar-refractivity contribution in [3.05, 3.63) is 179 Å². The maximum atomic E-state index is 12.1. The standard InChI is InChI=1S/C42H32N3O12P3/c46-25-31-7-1-13-37(19-31)52-59(53-38-14-2-8-32(20-38)26-47,54-39-15-3-9-33(21-39)27-48)43-58-44-60(45-59,55-40-16-4-10-34(22-40)28-49,56-41-17-5-11-35(23-41)29-50)57-42-18-6-12-36(24-42)30-51/h1-30,45H,(H,43,44). The van der Waals surface area contributed by atoms with Crippen LogP contribution in [0.15, 0.2) is 150 Å². The Hall–Kier alpha value is -6.98. The molecule has 18 heteroatoms. The van der Waals surface area contributed by atoms with Gasteiger partial charge in [-0.05, 0) is 0 Å². The molecule has 1 heterocycles. The third kappa shape index (κ3) is 9.01. The van der Waals surface area contributed by atoms with Crippen LogP contribution < -0.4 is 36.9 Å². The van der Waals surface area contributed by atoms with Crippen molar-refractivity contribution in [3.8, 4) is 34.5 Å². The summed E-state index contributed by atoms with van der Waals surface area (Å²) in [7, 11) is -11.9. The summed E-state index contributed by atoms with van der Waals surface area (Å²) in [5.74, 6) is -0.147. The topological polar surface area (TPSA) is 194 Å². The summed E-state index contributed by atoms with van der Waals surface area (Å²) in [6.07, 6.45) is 3.57. The number of benzene rings is 6. The second kappa shape index (κ2) is 17.1. The van der Waals surface area contributed by atoms with Crippen molar-refractivity contribution in [2.45, 2.75) is 0 Å². The van der Waals surface area contributed by atoms with Crippen LogP contribution in [-0.4, -0.2) is 37.7 Å². The van der Waals surface area contributed by atoms with E-state index in [9.17, 15) is 28.8 Å². The van der Waals surface area contributed by atoms with Gasteiger partial charge < -0.3 is 0 Å². The summed E-state index contributed by atoms with van der Waals surface area (Å²) >= 11 is 0. The van der Waals surface area contributed by atoms with Crippen LogP contribution in [0.5, 0.6) is 34.5 Å². The van der Waals surface area contributed by atoms with Gasteiger partial charge in [0, 0.05) is 0 Å². The first kappa shape index (κ1) is 41.2. The zero-order valence-electron chi connectivity index (χ0n) is 31.0. The van der Waals surface area contributed by atoms with Crippen LogP contribution in [0, 0.1) is 0 Å². The number of carbonyl (C=O) groups is 6. The quantitative estimate of drug-likeness (QED) is 0.0612. The van der Waals surface area contributed by atoms with Crippen LogP contribution >= 0.6 is 23.7 Å². The Bertz CT molecular complexity index is 2410. The van der Waals surface area contributed by atoms with Crippen molar-refractivity contribution < 1.29 is 55.9 Å². The van der Waals surface area contributed by atoms with Crippen molar-refractivity contribution >= 4 is 61.4 Å². The molecule has 0 bridgehead atoms. The fraction of sp³-hybridized carbons (Fsp3) is 0. The van der Waals surface area contributed by atoms with Crippen LogP contribution in [0.25, 0.3) is 0 Å². The second-order valence-corrected chi connectivity index (χ2v) is 19.9. The molecule has 0 spiro atoms. The summed E-state index contributed by atoms with van der Waals surface area (Å²) in [5.41, 5.74) is 1.14. The predicted octanol–water partition coefficient (Wildman–Crippen LogP) is 9.83. The van der Waals surface area contributed by atoms with Gasteiger partial charge in [0.1, 0.15) is 0 Å². The molecule has 0 saturated carbocycles. The van der Waals surface area contributed by atoms with E-state index in [0.29, 0.717) is 37.7 Å². The van der Waals surface area contributed by atoms with Gasteiger partial charge in [0.15, 0.2) is 0 Å². The van der Waals surface area contributed by atoms with Crippen LogP contribution in [0.2, 0.25) is 0 Å². The molecule has 6 aromatic rings. The van der Waals surface area contributed by atoms with Gasteiger partial charge in [-0.25, -0.2) is 0 Å². The van der Waals surface area contributed by atoms with Gasteiger partial charge in [-0.3, -0.25) is 0 Å². The fourth-order valence-electron chi connectivity index (χ4n) is 5.86. The first-order valence-corrected chi connectivity index (χ1v) is 22.5. The minimum absolute atomic E-state index is 0.0158. The molecule has 0 aliphatic carbocycles. The molecule has 0 fully saturated rings. The molecule has 0 saturated heterocycles. The number of aldehydes is 6. The molecular weight excluding hydrogens is 831 g/mol. The summed E-state index contributed by atoms with van der Waals surface area (Å²) in [4.78, 5) is 79.0. The summed E-state index contributed by atoms with van der Waals surface area (Å²) < 4.78 is 46.4. The van der Waals surface area contributed by atoms with Crippen LogP contribution in [0.1, 0.15) is 62.1 Å². The molecule has 0 aromatic heterocycles. The van der Waals surface area contributed by atoms with Crippen molar-refractivity contribution in [1.82, 2.24) is 9.72 Å². The Morgan fingerprint density at radius 3 is 0.883 bits per heavy atom. The van der Waals surface area contributed by atoms with Gasteiger partial charge in [0.05, 0.1) is 0 Å². The molecule has 15 nitrogen and oxygen atoms in total. The third-order valence-corrected chi connectivity index (χ3v) is 17.6. The van der Waals surface area contributed by atoms with E-state index in [1.807, 2.05) is 0 Å². The van der Waals surface area contributed by atoms with E-state index in [4.69, 9.17) is 31.7 Å². The van der Waals surface area contributed by atoms with E-state index in [0.717, 1.165) is 0 Å². The van der Waals surface area contributed by atoms with E-state index >= 15 is 0 Å². The average molecular weight is 864 g/mol. The number of hydrogen-bond acceptors (Lipinski definition) is 15. The van der Waals surface area contributed by atoms with Gasteiger partial charge in [-0.2, -0.15) is 0 Å². The van der Waals surface area contributed by atoms with Crippen molar-refractivity contribution in [3.63, 3.8) is 0 Å². The molecule has 0 amide bonds. The number of hydrogen-bond donors (Lipinski definition) is 2. The zero-order chi connectivity index (χ0) is 42.1. The molecule has 7 rings (SSSR count). The first-order valence-electron chi connectivity index (χ1n) is 17.7. The summed E-state index contributed by atoms with van der Waals surface area (Å²) in [6, 6.07) is 35.8. The van der Waals surface area contributed by atoms with Gasteiger partial charge >= 0.3 is 345 Å². The van der Waals surface area contributed by atoms with Crippen molar-refractivity contribution in [1.29, 1.82) is 0 Å². The van der Waals surface area contributed by atoms with Crippen LogP contribution in [0.4, 0.5) is 0 Å². The van der Waals surface area contributed by atoms with Gasteiger partial charge in [-0.1, -0.05) is 0 Å². The van der Waals surface area contributed by atoms with Crippen molar-refractivity contribution in [2.24, 2.45) is 4.52 Å². The Labute approximate surface area is 344 Å². The minimum atomic E-state index is -5.91. The molecule has 0 atom stereocenters. The molecular formula is C42H32N3O12P3. The van der Waals surface area contributed by atoms with E-state index in [1.54, 1.807) is 18.2 Å². The number of carbonyl (C=O) groups excluding carboxylic acids is 6. The molecule has 2 N–H and O–H groups in total. The van der Waals surface area contributed by atoms with Crippen LogP contribution in [-0.2, 0) is 0 Å². The summed E-state index contributed by atoms with van der Waals surface area (Å²) in [6.45, 7) is 0. The first-order chi connectivity index (χ1) is 29.1. The van der Waals surface area contributed by atoms with Crippen LogP contribution in [0.3, 0.4) is 0 Å². The monoisotopic (exact) mass is 863 g/mol. The number of rotatable bonds is 18. The summed E-state index contributed by atoms with van der Waals surface area (Å²) in [5, 5.41) is 0. The SMILES string of the molecule is O=Cc1cccc(OP2(Oc3cccc(C=O)c3)(Oc3cccc(C=O)c3)N=PNP(Oc3cccc(C=O)c3)(Oc3cccc(C=O)c3)(Oc3cccc(C=O)c3)N2)c1. The van der Waals surface area contributed by atoms with Crippen molar-refractivity contribution in [2.75, 3.05) is 0 Å². The number of nitrogens with zero attached hydrogens (tertiary/aromatic N) is 1. The average Bonchev–Trinajstić information content (AvgIpc) is 3.26. The molecule has 0 unspecified atom stereocenters. The van der Waals surface area contributed by atoms with Gasteiger partial charge in [0.2, 0.25) is 0 Å². The Morgan fingerprint density at radius 2 is 0.633 bits per heavy atom.